The summed E-state index contributed by atoms with van der Waals surface area (Å²) in [6.07, 6.45) is 2.68. The summed E-state index contributed by atoms with van der Waals surface area (Å²) in [6.45, 7) is 4.60. The van der Waals surface area contributed by atoms with Crippen LogP contribution in [0.15, 0.2) is 6.20 Å². The first-order valence-electron chi connectivity index (χ1n) is 5.60. The SMILES string of the molecule is CCCN(C)C(=O)c1cn(C2CNC2)nn1. The van der Waals surface area contributed by atoms with Gasteiger partial charge in [0.15, 0.2) is 5.69 Å². The first kappa shape index (κ1) is 11.1. The number of aromatic nitrogens is 3. The second-order valence-electron chi connectivity index (χ2n) is 4.12. The zero-order chi connectivity index (χ0) is 11.5. The van der Waals surface area contributed by atoms with Crippen LogP contribution in [0.5, 0.6) is 0 Å². The van der Waals surface area contributed by atoms with Gasteiger partial charge in [0, 0.05) is 26.7 Å². The molecule has 1 amide bonds. The number of amides is 1. The second kappa shape index (κ2) is 4.61. The fraction of sp³-hybridized carbons (Fsp3) is 0.700. The second-order valence-corrected chi connectivity index (χ2v) is 4.12. The zero-order valence-corrected chi connectivity index (χ0v) is 9.68. The molecule has 1 aromatic rings. The highest BCUT2D eigenvalue weighted by Gasteiger charge is 2.22. The zero-order valence-electron chi connectivity index (χ0n) is 9.68. The number of hydrogen-bond acceptors (Lipinski definition) is 4. The summed E-state index contributed by atoms with van der Waals surface area (Å²) in [5.41, 5.74) is 0.433. The van der Waals surface area contributed by atoms with Gasteiger partial charge in [0.1, 0.15) is 0 Å². The Morgan fingerprint density at radius 3 is 3.00 bits per heavy atom. The molecule has 88 valence electrons. The molecule has 1 aliphatic heterocycles. The van der Waals surface area contributed by atoms with Crippen LogP contribution in [0.25, 0.3) is 0 Å². The molecular weight excluding hydrogens is 206 g/mol. The van der Waals surface area contributed by atoms with E-state index in [1.807, 2.05) is 6.92 Å². The maximum absolute atomic E-state index is 11.9. The Morgan fingerprint density at radius 1 is 1.69 bits per heavy atom. The van der Waals surface area contributed by atoms with Crippen LogP contribution in [-0.4, -0.2) is 52.5 Å². The summed E-state index contributed by atoms with van der Waals surface area (Å²) in [4.78, 5) is 13.5. The molecule has 0 aliphatic carbocycles. The topological polar surface area (TPSA) is 63.1 Å². The van der Waals surface area contributed by atoms with E-state index in [1.165, 1.54) is 0 Å². The van der Waals surface area contributed by atoms with Gasteiger partial charge in [-0.05, 0) is 6.42 Å². The molecular formula is C10H17N5O. The molecule has 0 radical (unpaired) electrons. The first-order chi connectivity index (χ1) is 7.72. The molecule has 1 saturated heterocycles. The van der Waals surface area contributed by atoms with Gasteiger partial charge >= 0.3 is 0 Å². The summed E-state index contributed by atoms with van der Waals surface area (Å²) in [6, 6.07) is 0.352. The Labute approximate surface area is 94.6 Å². The minimum Gasteiger partial charge on any atom is -0.340 e. The fourth-order valence-corrected chi connectivity index (χ4v) is 1.65. The molecule has 6 nitrogen and oxygen atoms in total. The van der Waals surface area contributed by atoms with E-state index in [0.29, 0.717) is 11.7 Å². The highest BCUT2D eigenvalue weighted by molar-refractivity contribution is 5.91. The Hall–Kier alpha value is -1.43. The van der Waals surface area contributed by atoms with Gasteiger partial charge in [0.25, 0.3) is 5.91 Å². The smallest absolute Gasteiger partial charge is 0.275 e. The van der Waals surface area contributed by atoms with Crippen LogP contribution in [0, 0.1) is 0 Å². The lowest BCUT2D eigenvalue weighted by molar-refractivity contribution is 0.0789. The number of carbonyl (C=O) groups excluding carboxylic acids is 1. The van der Waals surface area contributed by atoms with Crippen molar-refractivity contribution in [2.75, 3.05) is 26.7 Å². The fourth-order valence-electron chi connectivity index (χ4n) is 1.65. The van der Waals surface area contributed by atoms with Gasteiger partial charge in [0.05, 0.1) is 12.2 Å². The van der Waals surface area contributed by atoms with Crippen LogP contribution in [0.3, 0.4) is 0 Å². The van der Waals surface area contributed by atoms with Crippen LogP contribution >= 0.6 is 0 Å². The van der Waals surface area contributed by atoms with Crippen molar-refractivity contribution < 1.29 is 4.79 Å². The first-order valence-corrected chi connectivity index (χ1v) is 5.60. The standard InChI is InChI=1S/C10H17N5O/c1-3-4-14(2)10(16)9-7-15(13-12-9)8-5-11-6-8/h7-8,11H,3-6H2,1-2H3. The Balaban J connectivity index is 2.03. The van der Waals surface area contributed by atoms with Crippen molar-refractivity contribution in [1.29, 1.82) is 0 Å². The molecule has 1 aliphatic rings. The average molecular weight is 223 g/mol. The van der Waals surface area contributed by atoms with Crippen LogP contribution < -0.4 is 5.32 Å². The lowest BCUT2D eigenvalue weighted by Gasteiger charge is -2.26. The van der Waals surface area contributed by atoms with E-state index in [2.05, 4.69) is 15.6 Å². The number of hydrogen-bond donors (Lipinski definition) is 1. The molecule has 0 atom stereocenters. The highest BCUT2D eigenvalue weighted by atomic mass is 16.2. The lowest BCUT2D eigenvalue weighted by Crippen LogP contribution is -2.43. The highest BCUT2D eigenvalue weighted by Crippen LogP contribution is 2.10. The van der Waals surface area contributed by atoms with E-state index in [4.69, 9.17) is 0 Å². The van der Waals surface area contributed by atoms with Crippen LogP contribution in [-0.2, 0) is 0 Å². The molecule has 1 N–H and O–H groups in total. The maximum atomic E-state index is 11.9. The van der Waals surface area contributed by atoms with E-state index in [-0.39, 0.29) is 5.91 Å². The van der Waals surface area contributed by atoms with E-state index in [9.17, 15) is 4.79 Å². The van der Waals surface area contributed by atoms with Crippen molar-refractivity contribution in [3.63, 3.8) is 0 Å². The third kappa shape index (κ3) is 2.06. The number of carbonyl (C=O) groups is 1. The summed E-state index contributed by atoms with van der Waals surface area (Å²) in [7, 11) is 1.79. The molecule has 0 unspecified atom stereocenters. The van der Waals surface area contributed by atoms with Gasteiger partial charge in [-0.1, -0.05) is 12.1 Å². The third-order valence-corrected chi connectivity index (χ3v) is 2.77. The predicted octanol–water partition coefficient (Wildman–Crippen LogP) is -0.0956. The molecule has 0 aromatic carbocycles. The van der Waals surface area contributed by atoms with Gasteiger partial charge in [-0.3, -0.25) is 4.79 Å². The van der Waals surface area contributed by atoms with Crippen molar-refractivity contribution in [3.05, 3.63) is 11.9 Å². The summed E-state index contributed by atoms with van der Waals surface area (Å²) >= 11 is 0. The van der Waals surface area contributed by atoms with Crippen molar-refractivity contribution >= 4 is 5.91 Å². The van der Waals surface area contributed by atoms with Gasteiger partial charge < -0.3 is 10.2 Å². The number of nitrogens with zero attached hydrogens (tertiary/aromatic N) is 4. The average Bonchev–Trinajstić information content (AvgIpc) is 2.63. The van der Waals surface area contributed by atoms with E-state index >= 15 is 0 Å². The predicted molar refractivity (Wildman–Crippen MR) is 59.2 cm³/mol. The lowest BCUT2D eigenvalue weighted by atomic mass is 10.2. The Morgan fingerprint density at radius 2 is 2.44 bits per heavy atom. The minimum absolute atomic E-state index is 0.0552. The molecule has 1 aromatic heterocycles. The molecule has 1 fully saturated rings. The number of rotatable bonds is 4. The van der Waals surface area contributed by atoms with Crippen molar-refractivity contribution in [3.8, 4) is 0 Å². The van der Waals surface area contributed by atoms with Crippen LogP contribution in [0.1, 0.15) is 29.9 Å². The molecule has 16 heavy (non-hydrogen) atoms. The summed E-state index contributed by atoms with van der Waals surface area (Å²) < 4.78 is 1.77. The van der Waals surface area contributed by atoms with E-state index in [0.717, 1.165) is 26.1 Å². The van der Waals surface area contributed by atoms with Gasteiger partial charge in [0.2, 0.25) is 0 Å². The minimum atomic E-state index is -0.0552. The van der Waals surface area contributed by atoms with Gasteiger partial charge in [-0.25, -0.2) is 4.68 Å². The van der Waals surface area contributed by atoms with Crippen molar-refractivity contribution in [2.24, 2.45) is 0 Å². The number of nitrogens with one attached hydrogen (secondary N) is 1. The van der Waals surface area contributed by atoms with E-state index in [1.54, 1.807) is 22.8 Å². The summed E-state index contributed by atoms with van der Waals surface area (Å²) in [5.74, 6) is -0.0552. The molecule has 6 heteroatoms. The molecule has 0 saturated carbocycles. The van der Waals surface area contributed by atoms with Gasteiger partial charge in [-0.2, -0.15) is 0 Å². The third-order valence-electron chi connectivity index (χ3n) is 2.77. The van der Waals surface area contributed by atoms with E-state index < -0.39 is 0 Å². The van der Waals surface area contributed by atoms with Crippen LogP contribution in [0.2, 0.25) is 0 Å². The monoisotopic (exact) mass is 223 g/mol. The largest absolute Gasteiger partial charge is 0.340 e. The van der Waals surface area contributed by atoms with Crippen molar-refractivity contribution in [1.82, 2.24) is 25.2 Å². The quantitative estimate of drug-likeness (QED) is 0.774. The molecule has 2 rings (SSSR count). The Bertz CT molecular complexity index is 371. The Kier molecular flexibility index (Phi) is 3.19. The summed E-state index contributed by atoms with van der Waals surface area (Å²) in [5, 5.41) is 11.1. The molecule has 0 spiro atoms. The normalized spacial score (nSPS) is 15.9. The maximum Gasteiger partial charge on any atom is 0.275 e. The van der Waals surface area contributed by atoms with Gasteiger partial charge in [-0.15, -0.1) is 5.10 Å². The molecule has 2 heterocycles. The molecule has 0 bridgehead atoms. The van der Waals surface area contributed by atoms with Crippen molar-refractivity contribution in [2.45, 2.75) is 19.4 Å². The van der Waals surface area contributed by atoms with Crippen LogP contribution in [0.4, 0.5) is 0 Å².